The zero-order chi connectivity index (χ0) is 9.68. The van der Waals surface area contributed by atoms with Gasteiger partial charge in [0.2, 0.25) is 0 Å². The summed E-state index contributed by atoms with van der Waals surface area (Å²) in [6, 6.07) is 0. The summed E-state index contributed by atoms with van der Waals surface area (Å²) in [6.07, 6.45) is 3.95. The van der Waals surface area contributed by atoms with Crippen molar-refractivity contribution in [1.82, 2.24) is 9.80 Å². The van der Waals surface area contributed by atoms with E-state index in [-0.39, 0.29) is 0 Å². The van der Waals surface area contributed by atoms with Gasteiger partial charge in [0, 0.05) is 31.9 Å². The number of hydrogen-bond donors (Lipinski definition) is 0. The minimum absolute atomic E-state index is 1.16. The van der Waals surface area contributed by atoms with E-state index in [0.29, 0.717) is 0 Å². The van der Waals surface area contributed by atoms with E-state index in [1.54, 1.807) is 0 Å². The Kier molecular flexibility index (Phi) is 4.03. The maximum Gasteiger partial charge on any atom is 0.0303 e. The number of hydrogen-bond acceptors (Lipinski definition) is 2. The Hall–Kier alpha value is -0.760. The minimum Gasteiger partial charge on any atom is -0.372 e. The Bertz CT molecular complexity index is 188. The molecule has 0 saturated carbocycles. The Morgan fingerprint density at radius 3 is 2.38 bits per heavy atom. The lowest BCUT2D eigenvalue weighted by molar-refractivity contribution is 0.165. The van der Waals surface area contributed by atoms with Crippen molar-refractivity contribution >= 4 is 0 Å². The molecule has 0 N–H and O–H groups in total. The third-order valence-corrected chi connectivity index (χ3v) is 2.68. The summed E-state index contributed by atoms with van der Waals surface area (Å²) in [5.41, 5.74) is 1.34. The van der Waals surface area contributed by atoms with Crippen LogP contribution in [0.4, 0.5) is 0 Å². The number of nitrogens with zero attached hydrogens (tertiary/aromatic N) is 2. The highest BCUT2D eigenvalue weighted by molar-refractivity contribution is 5.07. The van der Waals surface area contributed by atoms with Crippen molar-refractivity contribution in [3.8, 4) is 0 Å². The van der Waals surface area contributed by atoms with Crippen molar-refractivity contribution in [2.75, 3.05) is 32.7 Å². The van der Waals surface area contributed by atoms with E-state index in [0.717, 1.165) is 13.1 Å². The molecule has 0 spiro atoms. The maximum absolute atomic E-state index is 3.71. The molecule has 1 rings (SSSR count). The summed E-state index contributed by atoms with van der Waals surface area (Å²) in [5.74, 6) is 0. The molecule has 0 aromatic heterocycles. The predicted octanol–water partition coefficient (Wildman–Crippen LogP) is 1.71. The van der Waals surface area contributed by atoms with E-state index >= 15 is 0 Å². The summed E-state index contributed by atoms with van der Waals surface area (Å²) in [7, 11) is 0. The van der Waals surface area contributed by atoms with Gasteiger partial charge in [-0.15, -0.1) is 0 Å². The van der Waals surface area contributed by atoms with Gasteiger partial charge in [-0.05, 0) is 19.5 Å². The molecule has 13 heavy (non-hydrogen) atoms. The van der Waals surface area contributed by atoms with E-state index < -0.39 is 0 Å². The number of piperazine rings is 1. The van der Waals surface area contributed by atoms with Gasteiger partial charge in [0.15, 0.2) is 0 Å². The van der Waals surface area contributed by atoms with Gasteiger partial charge in [0.1, 0.15) is 0 Å². The fourth-order valence-electron chi connectivity index (χ4n) is 1.69. The zero-order valence-electron chi connectivity index (χ0n) is 8.79. The summed E-state index contributed by atoms with van der Waals surface area (Å²) >= 11 is 0. The third-order valence-electron chi connectivity index (χ3n) is 2.68. The monoisotopic (exact) mass is 180 g/mol. The van der Waals surface area contributed by atoms with Crippen molar-refractivity contribution in [2.45, 2.75) is 13.8 Å². The average molecular weight is 180 g/mol. The van der Waals surface area contributed by atoms with Gasteiger partial charge >= 0.3 is 0 Å². The average Bonchev–Trinajstić information content (AvgIpc) is 2.18. The zero-order valence-corrected chi connectivity index (χ0v) is 8.79. The first-order valence-electron chi connectivity index (χ1n) is 5.04. The van der Waals surface area contributed by atoms with Crippen molar-refractivity contribution in [3.63, 3.8) is 0 Å². The van der Waals surface area contributed by atoms with Gasteiger partial charge in [-0.2, -0.15) is 0 Å². The van der Waals surface area contributed by atoms with E-state index in [4.69, 9.17) is 0 Å². The summed E-state index contributed by atoms with van der Waals surface area (Å²) in [4.78, 5) is 4.91. The van der Waals surface area contributed by atoms with Crippen LogP contribution in [0.3, 0.4) is 0 Å². The van der Waals surface area contributed by atoms with Crippen LogP contribution in [0.2, 0.25) is 0 Å². The lowest BCUT2D eigenvalue weighted by Gasteiger charge is -2.35. The molecular formula is C11H20N2. The molecule has 0 radical (unpaired) electrons. The standard InChI is InChI=1S/C11H20N2/c1-4-6-11(3)13-9-7-12(5-2)8-10-13/h4,6H,1,5,7-10H2,2-3H3. The molecule has 1 saturated heterocycles. The first-order chi connectivity index (χ1) is 6.27. The predicted molar refractivity (Wildman–Crippen MR) is 57.6 cm³/mol. The molecule has 0 bridgehead atoms. The second-order valence-electron chi connectivity index (χ2n) is 3.47. The molecule has 0 aromatic rings. The molecule has 1 heterocycles. The second kappa shape index (κ2) is 5.07. The fraction of sp³-hybridized carbons (Fsp3) is 0.636. The Labute approximate surface area is 81.5 Å². The number of likely N-dealkylation sites (N-methyl/N-ethyl adjacent to an activating group) is 1. The topological polar surface area (TPSA) is 6.48 Å². The molecule has 2 heteroatoms. The van der Waals surface area contributed by atoms with Gasteiger partial charge in [0.05, 0.1) is 0 Å². The Morgan fingerprint density at radius 1 is 1.31 bits per heavy atom. The molecule has 1 aliphatic heterocycles. The highest BCUT2D eigenvalue weighted by Crippen LogP contribution is 2.08. The maximum atomic E-state index is 3.71. The lowest BCUT2D eigenvalue weighted by atomic mass is 10.2. The largest absolute Gasteiger partial charge is 0.372 e. The van der Waals surface area contributed by atoms with Gasteiger partial charge in [-0.25, -0.2) is 0 Å². The van der Waals surface area contributed by atoms with E-state index in [1.165, 1.54) is 25.3 Å². The Morgan fingerprint density at radius 2 is 1.92 bits per heavy atom. The van der Waals surface area contributed by atoms with Crippen molar-refractivity contribution in [3.05, 3.63) is 24.4 Å². The van der Waals surface area contributed by atoms with E-state index in [1.807, 2.05) is 6.08 Å². The summed E-state index contributed by atoms with van der Waals surface area (Å²) in [5, 5.41) is 0. The molecule has 0 unspecified atom stereocenters. The molecule has 0 atom stereocenters. The molecular weight excluding hydrogens is 160 g/mol. The highest BCUT2D eigenvalue weighted by atomic mass is 15.3. The molecule has 1 aliphatic rings. The minimum atomic E-state index is 1.16. The van der Waals surface area contributed by atoms with Crippen LogP contribution in [0.5, 0.6) is 0 Å². The number of rotatable bonds is 3. The van der Waals surface area contributed by atoms with E-state index in [2.05, 4.69) is 36.3 Å². The molecule has 0 aliphatic carbocycles. The first-order valence-corrected chi connectivity index (χ1v) is 5.04. The molecule has 1 fully saturated rings. The van der Waals surface area contributed by atoms with Crippen LogP contribution in [0, 0.1) is 0 Å². The lowest BCUT2D eigenvalue weighted by Crippen LogP contribution is -2.45. The van der Waals surface area contributed by atoms with Crippen molar-refractivity contribution in [2.24, 2.45) is 0 Å². The molecule has 2 nitrogen and oxygen atoms in total. The Balaban J connectivity index is 2.40. The SMILES string of the molecule is C=CC=C(C)N1CCN(CC)CC1. The van der Waals surface area contributed by atoms with Crippen LogP contribution in [0.15, 0.2) is 24.4 Å². The second-order valence-corrected chi connectivity index (χ2v) is 3.47. The van der Waals surface area contributed by atoms with Gasteiger partial charge < -0.3 is 9.80 Å². The summed E-state index contributed by atoms with van der Waals surface area (Å²) in [6.45, 7) is 14.0. The van der Waals surface area contributed by atoms with Crippen molar-refractivity contribution in [1.29, 1.82) is 0 Å². The van der Waals surface area contributed by atoms with Crippen LogP contribution in [0.25, 0.3) is 0 Å². The highest BCUT2D eigenvalue weighted by Gasteiger charge is 2.14. The van der Waals surface area contributed by atoms with Crippen LogP contribution >= 0.6 is 0 Å². The molecule has 74 valence electrons. The van der Waals surface area contributed by atoms with Gasteiger partial charge in [0.25, 0.3) is 0 Å². The van der Waals surface area contributed by atoms with Crippen LogP contribution in [-0.4, -0.2) is 42.5 Å². The quantitative estimate of drug-likeness (QED) is 0.610. The van der Waals surface area contributed by atoms with Crippen molar-refractivity contribution < 1.29 is 0 Å². The normalized spacial score (nSPS) is 20.5. The summed E-state index contributed by atoms with van der Waals surface area (Å²) < 4.78 is 0. The first kappa shape index (κ1) is 10.3. The van der Waals surface area contributed by atoms with Gasteiger partial charge in [-0.3, -0.25) is 0 Å². The third kappa shape index (κ3) is 2.88. The smallest absolute Gasteiger partial charge is 0.0303 e. The van der Waals surface area contributed by atoms with Crippen LogP contribution in [0.1, 0.15) is 13.8 Å². The molecule has 0 aromatic carbocycles. The fourth-order valence-corrected chi connectivity index (χ4v) is 1.69. The van der Waals surface area contributed by atoms with Crippen LogP contribution < -0.4 is 0 Å². The van der Waals surface area contributed by atoms with Crippen LogP contribution in [-0.2, 0) is 0 Å². The van der Waals surface area contributed by atoms with E-state index in [9.17, 15) is 0 Å². The number of allylic oxidation sites excluding steroid dienone is 3. The molecule has 0 amide bonds. The van der Waals surface area contributed by atoms with Gasteiger partial charge in [-0.1, -0.05) is 19.6 Å².